The highest BCUT2D eigenvalue weighted by atomic mass is 19.1. The van der Waals surface area contributed by atoms with Gasteiger partial charge in [0.25, 0.3) is 5.91 Å². The Morgan fingerprint density at radius 3 is 2.40 bits per heavy atom. The maximum Gasteiger partial charge on any atom is 0.404 e. The summed E-state index contributed by atoms with van der Waals surface area (Å²) in [5.41, 5.74) is -2.36. The summed E-state index contributed by atoms with van der Waals surface area (Å²) in [7, 11) is 2.46. The lowest BCUT2D eigenvalue weighted by atomic mass is 9.99. The lowest BCUT2D eigenvalue weighted by Crippen LogP contribution is -2.55. The Kier molecular flexibility index (Phi) is 4.47. The van der Waals surface area contributed by atoms with Crippen molar-refractivity contribution in [2.24, 2.45) is 0 Å². The van der Waals surface area contributed by atoms with Crippen LogP contribution in [0, 0.1) is 0 Å². The molecule has 0 saturated carbocycles. The monoisotopic (exact) mass is 222 g/mol. The van der Waals surface area contributed by atoms with E-state index in [1.165, 1.54) is 21.1 Å². The van der Waals surface area contributed by atoms with Crippen molar-refractivity contribution in [2.75, 3.05) is 14.2 Å². The normalized spacial score (nSPS) is 16.3. The quantitative estimate of drug-likeness (QED) is 0.674. The summed E-state index contributed by atoms with van der Waals surface area (Å²) in [4.78, 5) is 26.2. The number of carboxylic acid groups (broad SMARTS) is 1. The molecular formula is C8H15FN2O4. The van der Waals surface area contributed by atoms with Gasteiger partial charge < -0.3 is 10.4 Å². The first kappa shape index (κ1) is 13.6. The predicted octanol–water partition coefficient (Wildman–Crippen LogP) is 0.391. The maximum absolute atomic E-state index is 13.9. The number of carbonyl (C=O) groups excluding carboxylic acids is 1. The molecule has 15 heavy (non-hydrogen) atoms. The molecule has 2 N–H and O–H groups in total. The van der Waals surface area contributed by atoms with Crippen LogP contribution >= 0.6 is 0 Å². The van der Waals surface area contributed by atoms with Crippen LogP contribution in [-0.4, -0.2) is 48.0 Å². The Bertz CT molecular complexity index is 257. The van der Waals surface area contributed by atoms with E-state index in [4.69, 9.17) is 5.11 Å². The van der Waals surface area contributed by atoms with Crippen molar-refractivity contribution >= 4 is 12.0 Å². The molecule has 2 amide bonds. The molecule has 7 heteroatoms. The third-order valence-electron chi connectivity index (χ3n) is 2.13. The van der Waals surface area contributed by atoms with Crippen molar-refractivity contribution in [2.45, 2.75) is 25.6 Å². The van der Waals surface area contributed by atoms with Crippen LogP contribution in [0.5, 0.6) is 0 Å². The lowest BCUT2D eigenvalue weighted by Gasteiger charge is -2.29. The number of nitrogens with zero attached hydrogens (tertiary/aromatic N) is 1. The summed E-state index contributed by atoms with van der Waals surface area (Å²) in [6.07, 6.45) is -1.39. The molecule has 0 aliphatic heterocycles. The summed E-state index contributed by atoms with van der Waals surface area (Å²) < 4.78 is 13.9. The smallest absolute Gasteiger partial charge is 0.404 e. The molecule has 0 bridgehead atoms. The standard InChI is InChI=1S/C8H15FN2O4/c1-5(10-7(13)14)8(2,9)6(12)11(3)15-4/h5,10H,1-4H3,(H,13,14). The second-order valence-electron chi connectivity index (χ2n) is 3.23. The first-order valence-electron chi connectivity index (χ1n) is 4.24. The number of rotatable bonds is 4. The molecule has 0 rings (SSSR count). The van der Waals surface area contributed by atoms with Crippen LogP contribution in [-0.2, 0) is 9.63 Å². The molecule has 2 unspecified atom stereocenters. The van der Waals surface area contributed by atoms with Crippen molar-refractivity contribution in [1.29, 1.82) is 0 Å². The highest BCUT2D eigenvalue weighted by Gasteiger charge is 2.42. The number of hydroxylamine groups is 2. The largest absolute Gasteiger partial charge is 0.465 e. The van der Waals surface area contributed by atoms with Gasteiger partial charge in [-0.05, 0) is 13.8 Å². The summed E-state index contributed by atoms with van der Waals surface area (Å²) in [6, 6.07) is -1.17. The molecule has 6 nitrogen and oxygen atoms in total. The highest BCUT2D eigenvalue weighted by molar-refractivity contribution is 5.85. The van der Waals surface area contributed by atoms with E-state index in [-0.39, 0.29) is 0 Å². The molecule has 0 radical (unpaired) electrons. The zero-order valence-electron chi connectivity index (χ0n) is 9.07. The first-order valence-corrected chi connectivity index (χ1v) is 4.24. The average molecular weight is 222 g/mol. The number of hydrogen-bond acceptors (Lipinski definition) is 3. The van der Waals surface area contributed by atoms with E-state index in [9.17, 15) is 14.0 Å². The van der Waals surface area contributed by atoms with Gasteiger partial charge >= 0.3 is 6.09 Å². The van der Waals surface area contributed by atoms with E-state index in [0.717, 1.165) is 6.92 Å². The van der Waals surface area contributed by atoms with Gasteiger partial charge in [0.05, 0.1) is 13.2 Å². The van der Waals surface area contributed by atoms with Crippen LogP contribution < -0.4 is 5.32 Å². The van der Waals surface area contributed by atoms with Crippen LogP contribution in [0.3, 0.4) is 0 Å². The van der Waals surface area contributed by atoms with Crippen LogP contribution in [0.1, 0.15) is 13.8 Å². The molecule has 0 aromatic heterocycles. The Hall–Kier alpha value is -1.37. The molecule has 0 aliphatic rings. The molecule has 88 valence electrons. The number of nitrogens with one attached hydrogen (secondary N) is 1. The van der Waals surface area contributed by atoms with E-state index in [2.05, 4.69) is 4.84 Å². The SMILES string of the molecule is CON(C)C(=O)C(C)(F)C(C)NC(=O)O. The average Bonchev–Trinajstić information content (AvgIpc) is 2.14. The topological polar surface area (TPSA) is 78.9 Å². The third kappa shape index (κ3) is 3.35. The second-order valence-corrected chi connectivity index (χ2v) is 3.23. The third-order valence-corrected chi connectivity index (χ3v) is 2.13. The van der Waals surface area contributed by atoms with Gasteiger partial charge in [0.1, 0.15) is 0 Å². The molecule has 0 fully saturated rings. The van der Waals surface area contributed by atoms with Crippen molar-refractivity contribution in [3.63, 3.8) is 0 Å². The Labute approximate surface area is 87.0 Å². The van der Waals surface area contributed by atoms with Gasteiger partial charge in [-0.3, -0.25) is 9.63 Å². The minimum absolute atomic E-state index is 0.708. The predicted molar refractivity (Wildman–Crippen MR) is 49.9 cm³/mol. The van der Waals surface area contributed by atoms with Crippen molar-refractivity contribution in [3.8, 4) is 0 Å². The second kappa shape index (κ2) is 4.92. The number of carbonyl (C=O) groups is 2. The van der Waals surface area contributed by atoms with Gasteiger partial charge in [-0.1, -0.05) is 0 Å². The summed E-state index contributed by atoms with van der Waals surface area (Å²) in [5, 5.41) is 11.0. The van der Waals surface area contributed by atoms with Crippen LogP contribution in [0.2, 0.25) is 0 Å². The molecule has 0 aliphatic carbocycles. The zero-order chi connectivity index (χ0) is 12.2. The summed E-state index contributed by atoms with van der Waals surface area (Å²) >= 11 is 0. The number of alkyl halides is 1. The van der Waals surface area contributed by atoms with E-state index in [0.29, 0.717) is 5.06 Å². The number of amides is 2. The van der Waals surface area contributed by atoms with Crippen molar-refractivity contribution in [3.05, 3.63) is 0 Å². The fourth-order valence-electron chi connectivity index (χ4n) is 0.897. The summed E-state index contributed by atoms with van der Waals surface area (Å²) in [6.45, 7) is 2.25. The van der Waals surface area contributed by atoms with Crippen LogP contribution in [0.4, 0.5) is 9.18 Å². The Morgan fingerprint density at radius 1 is 1.60 bits per heavy atom. The van der Waals surface area contributed by atoms with Crippen LogP contribution in [0.25, 0.3) is 0 Å². The molecule has 0 spiro atoms. The van der Waals surface area contributed by atoms with Gasteiger partial charge in [-0.15, -0.1) is 0 Å². The Balaban J connectivity index is 4.64. The van der Waals surface area contributed by atoms with Gasteiger partial charge in [0, 0.05) is 7.05 Å². The van der Waals surface area contributed by atoms with Crippen molar-refractivity contribution < 1.29 is 23.9 Å². The van der Waals surface area contributed by atoms with Gasteiger partial charge in [0.2, 0.25) is 5.67 Å². The van der Waals surface area contributed by atoms with Crippen molar-refractivity contribution in [1.82, 2.24) is 10.4 Å². The highest BCUT2D eigenvalue weighted by Crippen LogP contribution is 2.18. The van der Waals surface area contributed by atoms with Gasteiger partial charge in [-0.2, -0.15) is 0 Å². The van der Waals surface area contributed by atoms with E-state index < -0.39 is 23.7 Å². The maximum atomic E-state index is 13.9. The first-order chi connectivity index (χ1) is 6.73. The molecule has 0 heterocycles. The molecule has 0 aromatic rings. The minimum atomic E-state index is -2.36. The van der Waals surface area contributed by atoms with Gasteiger partial charge in [-0.25, -0.2) is 14.2 Å². The molecular weight excluding hydrogens is 207 g/mol. The molecule has 2 atom stereocenters. The molecule has 0 saturated heterocycles. The van der Waals surface area contributed by atoms with Gasteiger partial charge in [0.15, 0.2) is 0 Å². The lowest BCUT2D eigenvalue weighted by molar-refractivity contribution is -0.182. The zero-order valence-corrected chi connectivity index (χ0v) is 9.07. The minimum Gasteiger partial charge on any atom is -0.465 e. The number of halogens is 1. The molecule has 0 aromatic carbocycles. The van der Waals surface area contributed by atoms with E-state index in [1.54, 1.807) is 0 Å². The van der Waals surface area contributed by atoms with Crippen LogP contribution in [0.15, 0.2) is 0 Å². The number of hydrogen-bond donors (Lipinski definition) is 2. The fourth-order valence-corrected chi connectivity index (χ4v) is 0.897. The Morgan fingerprint density at radius 2 is 2.07 bits per heavy atom. The fraction of sp³-hybridized carbons (Fsp3) is 0.750. The van der Waals surface area contributed by atoms with E-state index >= 15 is 0 Å². The summed E-state index contributed by atoms with van der Waals surface area (Å²) in [5.74, 6) is -0.953. The van der Waals surface area contributed by atoms with E-state index in [1.807, 2.05) is 5.32 Å².